The summed E-state index contributed by atoms with van der Waals surface area (Å²) in [6.07, 6.45) is 0.826. The number of carbonyl (C=O) groups is 2. The Morgan fingerprint density at radius 2 is 2.00 bits per heavy atom. The van der Waals surface area contributed by atoms with Gasteiger partial charge in [0.05, 0.1) is 11.9 Å². The zero-order chi connectivity index (χ0) is 19.1. The van der Waals surface area contributed by atoms with Crippen molar-refractivity contribution in [3.05, 3.63) is 34.6 Å². The summed E-state index contributed by atoms with van der Waals surface area (Å²) in [5.41, 5.74) is 0.288. The molecule has 0 bridgehead atoms. The summed E-state index contributed by atoms with van der Waals surface area (Å²) in [6, 6.07) is 7.12. The maximum absolute atomic E-state index is 12.3. The highest BCUT2D eigenvalue weighted by Gasteiger charge is 2.12. The van der Waals surface area contributed by atoms with Gasteiger partial charge in [0, 0.05) is 32.5 Å². The molecule has 8 nitrogen and oxygen atoms in total. The van der Waals surface area contributed by atoms with Gasteiger partial charge in [0.15, 0.2) is 0 Å². The van der Waals surface area contributed by atoms with Crippen molar-refractivity contribution >= 4 is 22.7 Å². The molecular weight excluding hydrogens is 334 g/mol. The lowest BCUT2D eigenvalue weighted by atomic mass is 10.2. The molecule has 0 aliphatic carbocycles. The molecule has 0 spiro atoms. The molecule has 1 heterocycles. The minimum absolute atomic E-state index is 0.0283. The third-order valence-electron chi connectivity index (χ3n) is 4.11. The average Bonchev–Trinajstić information content (AvgIpc) is 2.60. The van der Waals surface area contributed by atoms with Crippen molar-refractivity contribution in [2.24, 2.45) is 0 Å². The van der Waals surface area contributed by atoms with Crippen LogP contribution in [0, 0.1) is 0 Å². The molecule has 0 unspecified atom stereocenters. The number of aryl methyl sites for hydroxylation is 1. The van der Waals surface area contributed by atoms with Gasteiger partial charge in [-0.15, -0.1) is 5.10 Å². The Kier molecular flexibility index (Phi) is 6.82. The van der Waals surface area contributed by atoms with E-state index in [-0.39, 0.29) is 36.4 Å². The van der Waals surface area contributed by atoms with Gasteiger partial charge in [-0.1, -0.05) is 17.3 Å². The first-order chi connectivity index (χ1) is 12.4. The molecule has 0 aliphatic rings. The summed E-state index contributed by atoms with van der Waals surface area (Å²) >= 11 is 0. The highest BCUT2D eigenvalue weighted by Crippen LogP contribution is 2.03. The van der Waals surface area contributed by atoms with Gasteiger partial charge >= 0.3 is 0 Å². The van der Waals surface area contributed by atoms with Crippen molar-refractivity contribution in [3.8, 4) is 0 Å². The lowest BCUT2D eigenvalue weighted by Gasteiger charge is -2.25. The van der Waals surface area contributed by atoms with Crippen molar-refractivity contribution in [3.63, 3.8) is 0 Å². The zero-order valence-electron chi connectivity index (χ0n) is 15.4. The molecule has 140 valence electrons. The van der Waals surface area contributed by atoms with Crippen molar-refractivity contribution < 1.29 is 9.59 Å². The molecule has 2 rings (SSSR count). The van der Waals surface area contributed by atoms with E-state index in [1.165, 1.54) is 4.68 Å². The smallest absolute Gasteiger partial charge is 0.277 e. The van der Waals surface area contributed by atoms with Crippen LogP contribution in [0.1, 0.15) is 33.6 Å². The van der Waals surface area contributed by atoms with Crippen molar-refractivity contribution in [2.75, 3.05) is 13.1 Å². The van der Waals surface area contributed by atoms with Crippen LogP contribution in [0.25, 0.3) is 10.9 Å². The minimum atomic E-state index is -0.252. The molecule has 0 radical (unpaired) electrons. The van der Waals surface area contributed by atoms with E-state index in [2.05, 4.69) is 15.6 Å². The van der Waals surface area contributed by atoms with Crippen LogP contribution in [0.3, 0.4) is 0 Å². The van der Waals surface area contributed by atoms with Crippen molar-refractivity contribution in [1.82, 2.24) is 25.2 Å². The first kappa shape index (κ1) is 19.6. The van der Waals surface area contributed by atoms with Gasteiger partial charge in [-0.05, 0) is 32.4 Å². The second kappa shape index (κ2) is 9.07. The third-order valence-corrected chi connectivity index (χ3v) is 4.11. The first-order valence-electron chi connectivity index (χ1n) is 8.76. The van der Waals surface area contributed by atoms with Gasteiger partial charge in [0.25, 0.3) is 5.56 Å². The molecule has 26 heavy (non-hydrogen) atoms. The quantitative estimate of drug-likeness (QED) is 0.708. The van der Waals surface area contributed by atoms with E-state index >= 15 is 0 Å². The Morgan fingerprint density at radius 1 is 1.27 bits per heavy atom. The standard InChI is InChI=1S/C18H25N5O3/c1-13(2)22(14(3)24)11-6-10-19-17(25)9-12-23-18(26)15-7-4-5-8-16(15)20-21-23/h4-5,7-8,13H,6,9-12H2,1-3H3,(H,19,25). The van der Waals surface area contributed by atoms with E-state index in [0.29, 0.717) is 30.4 Å². The van der Waals surface area contributed by atoms with Gasteiger partial charge in [-0.3, -0.25) is 14.4 Å². The van der Waals surface area contributed by atoms with E-state index in [0.717, 1.165) is 0 Å². The molecule has 1 N–H and O–H groups in total. The normalized spacial score (nSPS) is 10.9. The average molecular weight is 359 g/mol. The number of benzene rings is 1. The van der Waals surface area contributed by atoms with Gasteiger partial charge in [0.2, 0.25) is 11.8 Å². The number of rotatable bonds is 8. The molecule has 0 fully saturated rings. The van der Waals surface area contributed by atoms with E-state index < -0.39 is 0 Å². The molecule has 2 aromatic rings. The van der Waals surface area contributed by atoms with Crippen LogP contribution >= 0.6 is 0 Å². The lowest BCUT2D eigenvalue weighted by molar-refractivity contribution is -0.130. The molecule has 8 heteroatoms. The van der Waals surface area contributed by atoms with Crippen LogP contribution < -0.4 is 10.9 Å². The van der Waals surface area contributed by atoms with E-state index in [1.807, 2.05) is 13.8 Å². The molecule has 0 saturated heterocycles. The van der Waals surface area contributed by atoms with Crippen LogP contribution in [-0.4, -0.2) is 50.8 Å². The van der Waals surface area contributed by atoms with Gasteiger partial charge < -0.3 is 10.2 Å². The maximum Gasteiger partial charge on any atom is 0.277 e. The third kappa shape index (κ3) is 5.11. The number of carbonyl (C=O) groups excluding carboxylic acids is 2. The molecule has 1 aromatic heterocycles. The first-order valence-corrected chi connectivity index (χ1v) is 8.76. The van der Waals surface area contributed by atoms with Crippen molar-refractivity contribution in [1.29, 1.82) is 0 Å². The Balaban J connectivity index is 1.80. The van der Waals surface area contributed by atoms with Gasteiger partial charge in [-0.2, -0.15) is 0 Å². The fourth-order valence-corrected chi connectivity index (χ4v) is 2.72. The highest BCUT2D eigenvalue weighted by atomic mass is 16.2. The summed E-state index contributed by atoms with van der Waals surface area (Å²) in [5.74, 6) is -0.133. The number of hydrogen-bond donors (Lipinski definition) is 1. The highest BCUT2D eigenvalue weighted by molar-refractivity contribution is 5.77. The number of fused-ring (bicyclic) bond motifs is 1. The number of nitrogens with one attached hydrogen (secondary N) is 1. The van der Waals surface area contributed by atoms with E-state index in [9.17, 15) is 14.4 Å². The van der Waals surface area contributed by atoms with Crippen LogP contribution in [-0.2, 0) is 16.1 Å². The number of nitrogens with zero attached hydrogens (tertiary/aromatic N) is 4. The van der Waals surface area contributed by atoms with Gasteiger partial charge in [0.1, 0.15) is 5.52 Å². The van der Waals surface area contributed by atoms with Crippen LogP contribution in [0.2, 0.25) is 0 Å². The molecule has 0 atom stereocenters. The number of hydrogen-bond acceptors (Lipinski definition) is 5. The number of aromatic nitrogens is 3. The SMILES string of the molecule is CC(=O)N(CCCNC(=O)CCn1nnc2ccccc2c1=O)C(C)C. The molecule has 1 aromatic carbocycles. The Bertz CT molecular complexity index is 831. The second-order valence-corrected chi connectivity index (χ2v) is 6.39. The summed E-state index contributed by atoms with van der Waals surface area (Å²) in [5, 5.41) is 11.1. The monoisotopic (exact) mass is 359 g/mol. The number of amides is 2. The van der Waals surface area contributed by atoms with Crippen LogP contribution in [0.15, 0.2) is 29.1 Å². The molecular formula is C18H25N5O3. The fraction of sp³-hybridized carbons (Fsp3) is 0.500. The molecule has 0 aliphatic heterocycles. The van der Waals surface area contributed by atoms with Gasteiger partial charge in [-0.25, -0.2) is 4.68 Å². The van der Waals surface area contributed by atoms with Crippen LogP contribution in [0.4, 0.5) is 0 Å². The second-order valence-electron chi connectivity index (χ2n) is 6.39. The topological polar surface area (TPSA) is 97.2 Å². The van der Waals surface area contributed by atoms with Crippen molar-refractivity contribution in [2.45, 2.75) is 46.2 Å². The Labute approximate surface area is 152 Å². The summed E-state index contributed by atoms with van der Waals surface area (Å²) in [4.78, 5) is 37.5. The predicted octanol–water partition coefficient (Wildman–Crippen LogP) is 0.945. The molecule has 0 saturated carbocycles. The Hall–Kier alpha value is -2.77. The predicted molar refractivity (Wildman–Crippen MR) is 98.6 cm³/mol. The Morgan fingerprint density at radius 3 is 2.69 bits per heavy atom. The lowest BCUT2D eigenvalue weighted by Crippen LogP contribution is -2.37. The van der Waals surface area contributed by atoms with E-state index in [1.54, 1.807) is 36.1 Å². The minimum Gasteiger partial charge on any atom is -0.356 e. The summed E-state index contributed by atoms with van der Waals surface area (Å²) in [6.45, 7) is 6.72. The fourth-order valence-electron chi connectivity index (χ4n) is 2.72. The maximum atomic E-state index is 12.3. The zero-order valence-corrected chi connectivity index (χ0v) is 15.4. The molecule has 2 amide bonds. The van der Waals surface area contributed by atoms with Crippen LogP contribution in [0.5, 0.6) is 0 Å². The van der Waals surface area contributed by atoms with E-state index in [4.69, 9.17) is 0 Å². The summed E-state index contributed by atoms with van der Waals surface area (Å²) < 4.78 is 1.21. The largest absolute Gasteiger partial charge is 0.356 e. The summed E-state index contributed by atoms with van der Waals surface area (Å²) in [7, 11) is 0.